The van der Waals surface area contributed by atoms with Crippen LogP contribution in [0.4, 0.5) is 0 Å². The van der Waals surface area contributed by atoms with E-state index in [2.05, 4.69) is 32.4 Å². The third-order valence-electron chi connectivity index (χ3n) is 3.05. The number of nitrogens with zero attached hydrogens (tertiary/aromatic N) is 1. The molecule has 0 aromatic heterocycles. The Labute approximate surface area is 159 Å². The van der Waals surface area contributed by atoms with Crippen molar-refractivity contribution in [3.8, 4) is 23.8 Å². The topological polar surface area (TPSA) is 59.9 Å². The standard InChI is InChI=1S/C18H14BrClN2O3/c1-3-8-25-17-15(20)9-12(10-16(17)24-2)11-21-22-18(23)13-6-4-5-7-14(13)19/h1,4-7,9-11H,8H2,2H3,(H,22,23)/b21-11+. The molecule has 1 amide bonds. The fraction of sp³-hybridized carbons (Fsp3) is 0.111. The minimum atomic E-state index is -0.337. The zero-order valence-electron chi connectivity index (χ0n) is 13.3. The first-order chi connectivity index (χ1) is 12.1. The fourth-order valence-electron chi connectivity index (χ4n) is 1.94. The monoisotopic (exact) mass is 420 g/mol. The van der Waals surface area contributed by atoms with Crippen molar-refractivity contribution in [2.45, 2.75) is 0 Å². The molecule has 0 aliphatic rings. The summed E-state index contributed by atoms with van der Waals surface area (Å²) >= 11 is 9.49. The van der Waals surface area contributed by atoms with Crippen molar-refractivity contribution in [1.29, 1.82) is 0 Å². The Bertz CT molecular complexity index is 847. The lowest BCUT2D eigenvalue weighted by molar-refractivity contribution is 0.0954. The molecule has 0 fully saturated rings. The van der Waals surface area contributed by atoms with Gasteiger partial charge in [-0.2, -0.15) is 5.10 Å². The van der Waals surface area contributed by atoms with Gasteiger partial charge in [0.15, 0.2) is 11.5 Å². The molecule has 2 rings (SSSR count). The van der Waals surface area contributed by atoms with Crippen LogP contribution in [0.5, 0.6) is 11.5 Å². The van der Waals surface area contributed by atoms with Crippen LogP contribution in [0, 0.1) is 12.3 Å². The summed E-state index contributed by atoms with van der Waals surface area (Å²) in [4.78, 5) is 12.1. The smallest absolute Gasteiger partial charge is 0.272 e. The largest absolute Gasteiger partial charge is 0.493 e. The maximum Gasteiger partial charge on any atom is 0.272 e. The molecule has 0 bridgehead atoms. The Hall–Kier alpha value is -2.49. The van der Waals surface area contributed by atoms with Crippen molar-refractivity contribution in [2.75, 3.05) is 13.7 Å². The number of hydrazone groups is 1. The second-order valence-electron chi connectivity index (χ2n) is 4.71. The maximum atomic E-state index is 12.1. The number of halogens is 2. The summed E-state index contributed by atoms with van der Waals surface area (Å²) in [5.74, 6) is 2.80. The van der Waals surface area contributed by atoms with Gasteiger partial charge in [-0.25, -0.2) is 5.43 Å². The highest BCUT2D eigenvalue weighted by Gasteiger charge is 2.11. The number of hydrogen-bond acceptors (Lipinski definition) is 4. The number of ether oxygens (including phenoxy) is 2. The number of carbonyl (C=O) groups excluding carboxylic acids is 1. The van der Waals surface area contributed by atoms with Crippen LogP contribution in [-0.2, 0) is 0 Å². The Morgan fingerprint density at radius 2 is 2.20 bits per heavy atom. The summed E-state index contributed by atoms with van der Waals surface area (Å²) in [6.45, 7) is 0.0749. The number of nitrogens with one attached hydrogen (secondary N) is 1. The molecular formula is C18H14BrClN2O3. The van der Waals surface area contributed by atoms with Crippen LogP contribution < -0.4 is 14.9 Å². The van der Waals surface area contributed by atoms with Crippen LogP contribution in [0.2, 0.25) is 5.02 Å². The summed E-state index contributed by atoms with van der Waals surface area (Å²) in [6.07, 6.45) is 6.63. The molecular weight excluding hydrogens is 408 g/mol. The van der Waals surface area contributed by atoms with E-state index in [-0.39, 0.29) is 12.5 Å². The van der Waals surface area contributed by atoms with Gasteiger partial charge in [0.2, 0.25) is 0 Å². The van der Waals surface area contributed by atoms with E-state index in [1.54, 1.807) is 30.3 Å². The average molecular weight is 422 g/mol. The van der Waals surface area contributed by atoms with Gasteiger partial charge in [0.25, 0.3) is 5.91 Å². The minimum absolute atomic E-state index is 0.0749. The number of hydrogen-bond donors (Lipinski definition) is 1. The van der Waals surface area contributed by atoms with Crippen LogP contribution in [0.15, 0.2) is 46.0 Å². The van der Waals surface area contributed by atoms with Crippen molar-refractivity contribution >= 4 is 39.7 Å². The van der Waals surface area contributed by atoms with E-state index in [0.717, 1.165) is 0 Å². The van der Waals surface area contributed by atoms with Gasteiger partial charge < -0.3 is 9.47 Å². The molecule has 1 N–H and O–H groups in total. The molecule has 7 heteroatoms. The predicted octanol–water partition coefficient (Wildman–Crippen LogP) is 3.89. The zero-order valence-corrected chi connectivity index (χ0v) is 15.6. The van der Waals surface area contributed by atoms with Gasteiger partial charge in [-0.3, -0.25) is 4.79 Å². The summed E-state index contributed by atoms with van der Waals surface area (Å²) < 4.78 is 11.3. The number of benzene rings is 2. The predicted molar refractivity (Wildman–Crippen MR) is 102 cm³/mol. The first kappa shape index (κ1) is 18.8. The van der Waals surface area contributed by atoms with E-state index >= 15 is 0 Å². The second-order valence-corrected chi connectivity index (χ2v) is 5.97. The number of rotatable bonds is 6. The van der Waals surface area contributed by atoms with Crippen LogP contribution >= 0.6 is 27.5 Å². The molecule has 25 heavy (non-hydrogen) atoms. The second kappa shape index (κ2) is 9.11. The molecule has 0 saturated carbocycles. The first-order valence-corrected chi connectivity index (χ1v) is 8.25. The third-order valence-corrected chi connectivity index (χ3v) is 4.02. The molecule has 0 spiro atoms. The fourth-order valence-corrected chi connectivity index (χ4v) is 2.68. The molecule has 5 nitrogen and oxygen atoms in total. The van der Waals surface area contributed by atoms with Crippen LogP contribution in [-0.4, -0.2) is 25.8 Å². The molecule has 0 atom stereocenters. The zero-order chi connectivity index (χ0) is 18.2. The molecule has 128 valence electrons. The highest BCUT2D eigenvalue weighted by molar-refractivity contribution is 9.10. The summed E-state index contributed by atoms with van der Waals surface area (Å²) in [7, 11) is 1.49. The van der Waals surface area contributed by atoms with Crippen molar-refractivity contribution in [3.05, 3.63) is 57.0 Å². The first-order valence-electron chi connectivity index (χ1n) is 7.08. The minimum Gasteiger partial charge on any atom is -0.493 e. The van der Waals surface area contributed by atoms with Crippen molar-refractivity contribution < 1.29 is 14.3 Å². The van der Waals surface area contributed by atoms with E-state index < -0.39 is 0 Å². The van der Waals surface area contributed by atoms with Gasteiger partial charge >= 0.3 is 0 Å². The maximum absolute atomic E-state index is 12.1. The van der Waals surface area contributed by atoms with Gasteiger partial charge in [0.1, 0.15) is 6.61 Å². The van der Waals surface area contributed by atoms with Crippen molar-refractivity contribution in [2.24, 2.45) is 5.10 Å². The normalized spacial score (nSPS) is 10.3. The molecule has 0 radical (unpaired) electrons. The van der Waals surface area contributed by atoms with Gasteiger partial charge in [-0.05, 0) is 45.8 Å². The molecule has 0 unspecified atom stereocenters. The Kier molecular flexibility index (Phi) is 6.87. The van der Waals surface area contributed by atoms with Gasteiger partial charge in [-0.15, -0.1) is 6.42 Å². The quantitative estimate of drug-likeness (QED) is 0.437. The molecule has 2 aromatic carbocycles. The molecule has 0 saturated heterocycles. The lowest BCUT2D eigenvalue weighted by Crippen LogP contribution is -2.18. The summed E-state index contributed by atoms with van der Waals surface area (Å²) in [5, 5.41) is 4.26. The van der Waals surface area contributed by atoms with E-state index in [9.17, 15) is 4.79 Å². The van der Waals surface area contributed by atoms with Crippen LogP contribution in [0.25, 0.3) is 0 Å². The lowest BCUT2D eigenvalue weighted by Gasteiger charge is -2.11. The Morgan fingerprint density at radius 3 is 2.88 bits per heavy atom. The van der Waals surface area contributed by atoms with Crippen LogP contribution in [0.3, 0.4) is 0 Å². The molecule has 0 aliphatic heterocycles. The van der Waals surface area contributed by atoms with E-state index in [4.69, 9.17) is 27.5 Å². The van der Waals surface area contributed by atoms with E-state index in [1.165, 1.54) is 13.3 Å². The summed E-state index contributed by atoms with van der Waals surface area (Å²) in [6, 6.07) is 10.4. The lowest BCUT2D eigenvalue weighted by atomic mass is 10.2. The molecule has 2 aromatic rings. The Balaban J connectivity index is 2.13. The number of terminal acetylenes is 1. The SMILES string of the molecule is C#CCOc1c(Cl)cc(/C=N/NC(=O)c2ccccc2Br)cc1OC. The van der Waals surface area contributed by atoms with Gasteiger partial charge in [0.05, 0.1) is 23.9 Å². The van der Waals surface area contributed by atoms with Crippen LogP contribution in [0.1, 0.15) is 15.9 Å². The number of amides is 1. The third kappa shape index (κ3) is 4.99. The molecule has 0 aliphatic carbocycles. The van der Waals surface area contributed by atoms with Gasteiger partial charge in [0, 0.05) is 4.47 Å². The number of carbonyl (C=O) groups is 1. The van der Waals surface area contributed by atoms with Crippen molar-refractivity contribution in [1.82, 2.24) is 5.43 Å². The number of methoxy groups -OCH3 is 1. The van der Waals surface area contributed by atoms with Crippen molar-refractivity contribution in [3.63, 3.8) is 0 Å². The van der Waals surface area contributed by atoms with E-state index in [0.29, 0.717) is 32.1 Å². The summed E-state index contributed by atoms with van der Waals surface area (Å²) in [5.41, 5.74) is 3.56. The Morgan fingerprint density at radius 1 is 1.44 bits per heavy atom. The highest BCUT2D eigenvalue weighted by atomic mass is 79.9. The highest BCUT2D eigenvalue weighted by Crippen LogP contribution is 2.35. The van der Waals surface area contributed by atoms with E-state index in [1.807, 2.05) is 6.07 Å². The molecule has 0 heterocycles. The van der Waals surface area contributed by atoms with Gasteiger partial charge in [-0.1, -0.05) is 29.7 Å². The average Bonchev–Trinajstić information content (AvgIpc) is 2.60.